The van der Waals surface area contributed by atoms with E-state index < -0.39 is 0 Å². The first-order chi connectivity index (χ1) is 14.0. The fourth-order valence-corrected chi connectivity index (χ4v) is 7.69. The third-order valence-electron chi connectivity index (χ3n) is 5.15. The van der Waals surface area contributed by atoms with Crippen molar-refractivity contribution in [3.63, 3.8) is 0 Å². The average Bonchev–Trinajstić information content (AvgIpc) is 2.68. The Bertz CT molecular complexity index is 291. The standard InChI is InChI=1S/C10H20S2.2C8H17.Sn/c1-9(2)7-5-4-6-8-12-10(3)11;2*1-3-5-7-8-6-4-2;/h9H,4-8H2,1-3H3;2*1,3-8H2,2H3;. The van der Waals surface area contributed by atoms with Gasteiger partial charge in [0.1, 0.15) is 0 Å². The van der Waals surface area contributed by atoms with E-state index in [1.165, 1.54) is 95.6 Å². The second kappa shape index (κ2) is 29.2. The van der Waals surface area contributed by atoms with Crippen molar-refractivity contribution in [2.45, 2.75) is 146 Å². The van der Waals surface area contributed by atoms with Gasteiger partial charge in [-0.05, 0) is 25.0 Å². The summed E-state index contributed by atoms with van der Waals surface area (Å²) in [5.41, 5.74) is 0. The topological polar surface area (TPSA) is 0 Å². The molecule has 174 valence electrons. The monoisotopic (exact) mass is 550 g/mol. The molecule has 0 aromatic carbocycles. The number of thiocarbonyl (C=S) groups is 1. The molecule has 0 spiro atoms. The summed E-state index contributed by atoms with van der Waals surface area (Å²) in [5.74, 6) is 2.08. The van der Waals surface area contributed by atoms with E-state index in [0.717, 1.165) is 10.1 Å². The van der Waals surface area contributed by atoms with Gasteiger partial charge in [0, 0.05) is 4.20 Å². The van der Waals surface area contributed by atoms with E-state index in [9.17, 15) is 0 Å². The van der Waals surface area contributed by atoms with Crippen LogP contribution in [0.2, 0.25) is 8.87 Å². The fourth-order valence-electron chi connectivity index (χ4n) is 3.23. The Kier molecular flexibility index (Phi) is 32.7. The van der Waals surface area contributed by atoms with Gasteiger partial charge in [-0.3, -0.25) is 0 Å². The first-order valence-corrected chi connectivity index (χ1v) is 18.3. The molecule has 0 aliphatic carbocycles. The molecule has 0 nitrogen and oxygen atoms in total. The Morgan fingerprint density at radius 1 is 0.690 bits per heavy atom. The van der Waals surface area contributed by atoms with Crippen molar-refractivity contribution >= 4 is 49.3 Å². The molecule has 2 radical (unpaired) electrons. The molecule has 0 aliphatic heterocycles. The zero-order valence-corrected chi connectivity index (χ0v) is 25.3. The second-order valence-electron chi connectivity index (χ2n) is 8.87. The van der Waals surface area contributed by atoms with Gasteiger partial charge < -0.3 is 0 Å². The van der Waals surface area contributed by atoms with E-state index in [1.54, 1.807) is 21.7 Å². The van der Waals surface area contributed by atoms with Gasteiger partial charge in [-0.25, -0.2) is 0 Å². The molecule has 0 heterocycles. The number of thioether (sulfide) groups is 1. The van der Waals surface area contributed by atoms with Crippen LogP contribution in [0.5, 0.6) is 0 Å². The van der Waals surface area contributed by atoms with Crippen LogP contribution in [0.25, 0.3) is 0 Å². The number of unbranched alkanes of at least 4 members (excludes halogenated alkanes) is 12. The zero-order chi connectivity index (χ0) is 22.0. The maximum absolute atomic E-state index is 4.98. The summed E-state index contributed by atoms with van der Waals surface area (Å²) in [5, 5.41) is 0. The molecular weight excluding hydrogens is 495 g/mol. The van der Waals surface area contributed by atoms with Gasteiger partial charge in [-0.2, -0.15) is 0 Å². The number of hydrogen-bond acceptors (Lipinski definition) is 2. The van der Waals surface area contributed by atoms with E-state index in [4.69, 9.17) is 12.2 Å². The maximum atomic E-state index is 4.98. The first-order valence-electron chi connectivity index (χ1n) is 12.9. The van der Waals surface area contributed by atoms with Crippen molar-refractivity contribution in [1.82, 2.24) is 0 Å². The fraction of sp³-hybridized carbons (Fsp3) is 0.962. The van der Waals surface area contributed by atoms with Crippen molar-refractivity contribution in [3.8, 4) is 0 Å². The van der Waals surface area contributed by atoms with Gasteiger partial charge in [0.25, 0.3) is 0 Å². The van der Waals surface area contributed by atoms with Gasteiger partial charge in [0.15, 0.2) is 0 Å². The number of hydrogen-bond donors (Lipinski definition) is 0. The van der Waals surface area contributed by atoms with Crippen LogP contribution >= 0.6 is 24.0 Å². The molecule has 3 heteroatoms. The van der Waals surface area contributed by atoms with Gasteiger partial charge in [0.05, 0.1) is 0 Å². The Hall–Kier alpha value is 1.24. The van der Waals surface area contributed by atoms with Crippen LogP contribution in [0.3, 0.4) is 0 Å². The summed E-state index contributed by atoms with van der Waals surface area (Å²) in [4.78, 5) is 0. The Morgan fingerprint density at radius 3 is 1.59 bits per heavy atom. The molecule has 0 bridgehead atoms. The van der Waals surface area contributed by atoms with E-state index in [1.807, 2.05) is 18.7 Å². The Balaban J connectivity index is 0. The van der Waals surface area contributed by atoms with E-state index in [2.05, 4.69) is 27.7 Å². The first kappa shape index (κ1) is 32.4. The van der Waals surface area contributed by atoms with Crippen molar-refractivity contribution in [2.75, 3.05) is 5.75 Å². The molecule has 0 saturated heterocycles. The third-order valence-corrected chi connectivity index (χ3v) is 10.4. The summed E-state index contributed by atoms with van der Waals surface area (Å²) in [7, 11) is 0. The predicted molar refractivity (Wildman–Crippen MR) is 146 cm³/mol. The predicted octanol–water partition coefficient (Wildman–Crippen LogP) is 10.5. The summed E-state index contributed by atoms with van der Waals surface area (Å²) in [6.07, 6.45) is 23.3. The molecule has 0 fully saturated rings. The number of rotatable bonds is 20. The quantitative estimate of drug-likeness (QED) is 0.0842. The Morgan fingerprint density at radius 2 is 1.14 bits per heavy atom. The van der Waals surface area contributed by atoms with Crippen molar-refractivity contribution < 1.29 is 0 Å². The summed E-state index contributed by atoms with van der Waals surface area (Å²) < 4.78 is 4.40. The molecule has 0 aromatic rings. The van der Waals surface area contributed by atoms with Crippen LogP contribution < -0.4 is 0 Å². The molecule has 0 rings (SSSR count). The van der Waals surface area contributed by atoms with Crippen molar-refractivity contribution in [1.29, 1.82) is 0 Å². The summed E-state index contributed by atoms with van der Waals surface area (Å²) in [6, 6.07) is 0. The average molecular weight is 550 g/mol. The molecule has 0 N–H and O–H groups in total. The van der Waals surface area contributed by atoms with E-state index in [-0.39, 0.29) is 21.1 Å². The molecule has 29 heavy (non-hydrogen) atoms. The van der Waals surface area contributed by atoms with Gasteiger partial charge >= 0.3 is 121 Å². The van der Waals surface area contributed by atoms with Crippen molar-refractivity contribution in [3.05, 3.63) is 0 Å². The van der Waals surface area contributed by atoms with E-state index in [0.29, 0.717) is 0 Å². The normalized spacial score (nSPS) is 10.8. The zero-order valence-electron chi connectivity index (χ0n) is 20.8. The van der Waals surface area contributed by atoms with Crippen LogP contribution in [-0.4, -0.2) is 31.1 Å². The Labute approximate surface area is 206 Å². The van der Waals surface area contributed by atoms with Crippen molar-refractivity contribution in [2.24, 2.45) is 5.92 Å². The minimum atomic E-state index is 0.0736. The van der Waals surface area contributed by atoms with Crippen LogP contribution in [0.1, 0.15) is 137 Å². The molecule has 0 aliphatic rings. The summed E-state index contributed by atoms with van der Waals surface area (Å²) >= 11 is 6.87. The van der Waals surface area contributed by atoms with Crippen LogP contribution in [0.4, 0.5) is 0 Å². The van der Waals surface area contributed by atoms with Gasteiger partial charge in [0.2, 0.25) is 0 Å². The molecule has 0 amide bonds. The van der Waals surface area contributed by atoms with E-state index >= 15 is 0 Å². The molecule has 0 unspecified atom stereocenters. The molecular formula is C26H54S2Sn. The minimum absolute atomic E-state index is 0.0736. The second-order valence-corrected chi connectivity index (χ2v) is 15.3. The third kappa shape index (κ3) is 36.9. The summed E-state index contributed by atoms with van der Waals surface area (Å²) in [6.45, 7) is 11.2. The SMILES string of the molecule is CC(=S)SCCCCCC(C)C.CCCCCCC[CH2][Sn][CH2]CCCCCCC. The molecule has 0 saturated carbocycles. The molecule has 0 atom stereocenters. The van der Waals surface area contributed by atoms with Gasteiger partial charge in [-0.1, -0.05) is 45.3 Å². The van der Waals surface area contributed by atoms with Crippen LogP contribution in [-0.2, 0) is 0 Å². The van der Waals surface area contributed by atoms with Crippen LogP contribution in [0, 0.1) is 5.92 Å². The molecule has 0 aromatic heterocycles. The van der Waals surface area contributed by atoms with Crippen LogP contribution in [0.15, 0.2) is 0 Å². The van der Waals surface area contributed by atoms with Gasteiger partial charge in [-0.15, -0.1) is 11.8 Å².